The Bertz CT molecular complexity index is 940. The van der Waals surface area contributed by atoms with Gasteiger partial charge in [-0.15, -0.1) is 0 Å². The molecule has 0 spiro atoms. The molecule has 1 aliphatic heterocycles. The third-order valence-electron chi connectivity index (χ3n) is 5.21. The van der Waals surface area contributed by atoms with E-state index in [9.17, 15) is 9.59 Å². The van der Waals surface area contributed by atoms with Gasteiger partial charge in [-0.25, -0.2) is 0 Å². The standard InChI is InChI=1S/C23H24Cl4N2O4/c1-14(32-20-6-4-16(24)12-18(20)26)22(30)28-8-3-9-29(11-10-28)23(31)15(2)33-21-7-5-17(25)13-19(21)27/h4-7,12-15H,3,8-11H2,1-2H3. The Balaban J connectivity index is 1.56. The molecular formula is C23H24Cl4N2O4. The summed E-state index contributed by atoms with van der Waals surface area (Å²) in [5, 5.41) is 1.65. The van der Waals surface area contributed by atoms with E-state index >= 15 is 0 Å². The van der Waals surface area contributed by atoms with Crippen LogP contribution in [0.1, 0.15) is 20.3 Å². The van der Waals surface area contributed by atoms with Crippen LogP contribution in [0.15, 0.2) is 36.4 Å². The summed E-state index contributed by atoms with van der Waals surface area (Å²) in [6.45, 7) is 5.16. The lowest BCUT2D eigenvalue weighted by atomic mass is 10.3. The first-order chi connectivity index (χ1) is 15.7. The number of ether oxygens (including phenoxy) is 2. The van der Waals surface area contributed by atoms with E-state index in [-0.39, 0.29) is 11.8 Å². The monoisotopic (exact) mass is 532 g/mol. The number of benzene rings is 2. The van der Waals surface area contributed by atoms with Crippen molar-refractivity contribution in [3.63, 3.8) is 0 Å². The SMILES string of the molecule is CC(Oc1ccc(Cl)cc1Cl)C(=O)N1CCCN(C(=O)C(C)Oc2ccc(Cl)cc2Cl)CC1. The van der Waals surface area contributed by atoms with Crippen LogP contribution in [-0.4, -0.2) is 60.0 Å². The Labute approximate surface area is 213 Å². The van der Waals surface area contributed by atoms with E-state index in [4.69, 9.17) is 55.9 Å². The van der Waals surface area contributed by atoms with Gasteiger partial charge in [0, 0.05) is 36.2 Å². The van der Waals surface area contributed by atoms with E-state index in [2.05, 4.69) is 0 Å². The van der Waals surface area contributed by atoms with E-state index in [0.29, 0.717) is 64.2 Å². The maximum absolute atomic E-state index is 12.9. The molecule has 2 amide bonds. The first kappa shape index (κ1) is 25.8. The van der Waals surface area contributed by atoms with Crippen molar-refractivity contribution in [2.75, 3.05) is 26.2 Å². The summed E-state index contributed by atoms with van der Waals surface area (Å²) >= 11 is 24.1. The Morgan fingerprint density at radius 3 is 1.48 bits per heavy atom. The Kier molecular flexibility index (Phi) is 8.99. The Hall–Kier alpha value is -1.86. The fourth-order valence-electron chi connectivity index (χ4n) is 3.50. The Morgan fingerprint density at radius 2 is 1.12 bits per heavy atom. The number of hydrogen-bond donors (Lipinski definition) is 0. The minimum atomic E-state index is -0.736. The first-order valence-electron chi connectivity index (χ1n) is 10.5. The van der Waals surface area contributed by atoms with Crippen LogP contribution in [0.2, 0.25) is 20.1 Å². The zero-order chi connectivity index (χ0) is 24.1. The number of rotatable bonds is 6. The van der Waals surface area contributed by atoms with Gasteiger partial charge in [0.25, 0.3) is 11.8 Å². The molecule has 10 heteroatoms. The summed E-state index contributed by atoms with van der Waals surface area (Å²) in [5.41, 5.74) is 0. The molecule has 0 saturated carbocycles. The maximum Gasteiger partial charge on any atom is 0.263 e. The smallest absolute Gasteiger partial charge is 0.263 e. The fourth-order valence-corrected chi connectivity index (χ4v) is 4.40. The second kappa shape index (κ2) is 11.5. The molecule has 0 radical (unpaired) electrons. The molecule has 1 aliphatic rings. The van der Waals surface area contributed by atoms with Crippen LogP contribution >= 0.6 is 46.4 Å². The van der Waals surface area contributed by atoms with Gasteiger partial charge in [0.15, 0.2) is 12.2 Å². The lowest BCUT2D eigenvalue weighted by Gasteiger charge is -2.26. The number of carbonyl (C=O) groups is 2. The second-order valence-electron chi connectivity index (χ2n) is 7.67. The molecule has 0 N–H and O–H groups in total. The quantitative estimate of drug-likeness (QED) is 0.485. The average Bonchev–Trinajstić information content (AvgIpc) is 3.02. The van der Waals surface area contributed by atoms with Gasteiger partial charge in [0.05, 0.1) is 10.0 Å². The van der Waals surface area contributed by atoms with Gasteiger partial charge in [0.1, 0.15) is 11.5 Å². The molecule has 2 atom stereocenters. The maximum atomic E-state index is 12.9. The molecule has 0 aliphatic carbocycles. The van der Waals surface area contributed by atoms with Gasteiger partial charge in [-0.3, -0.25) is 9.59 Å². The van der Waals surface area contributed by atoms with Crippen LogP contribution in [0.4, 0.5) is 0 Å². The minimum Gasteiger partial charge on any atom is -0.479 e. The lowest BCUT2D eigenvalue weighted by Crippen LogP contribution is -2.45. The molecule has 2 unspecified atom stereocenters. The number of halogens is 4. The molecule has 0 bridgehead atoms. The molecule has 2 aromatic carbocycles. The molecule has 3 rings (SSSR count). The van der Waals surface area contributed by atoms with Crippen LogP contribution in [0, 0.1) is 0 Å². The molecule has 178 valence electrons. The summed E-state index contributed by atoms with van der Waals surface area (Å²) < 4.78 is 11.5. The number of hydrogen-bond acceptors (Lipinski definition) is 4. The first-order valence-corrected chi connectivity index (χ1v) is 12.0. The fraction of sp³-hybridized carbons (Fsp3) is 0.391. The predicted octanol–water partition coefficient (Wildman–Crippen LogP) is 5.60. The summed E-state index contributed by atoms with van der Waals surface area (Å²) in [7, 11) is 0. The molecule has 2 aromatic rings. The molecule has 1 saturated heterocycles. The number of amides is 2. The van der Waals surface area contributed by atoms with Crippen molar-refractivity contribution in [3.8, 4) is 11.5 Å². The van der Waals surface area contributed by atoms with Crippen molar-refractivity contribution in [2.45, 2.75) is 32.5 Å². The van der Waals surface area contributed by atoms with Gasteiger partial charge in [-0.05, 0) is 56.7 Å². The average molecular weight is 534 g/mol. The van der Waals surface area contributed by atoms with Gasteiger partial charge < -0.3 is 19.3 Å². The minimum absolute atomic E-state index is 0.174. The van der Waals surface area contributed by atoms with Gasteiger partial charge in [0.2, 0.25) is 0 Å². The second-order valence-corrected chi connectivity index (χ2v) is 9.36. The molecular weight excluding hydrogens is 510 g/mol. The van der Waals surface area contributed by atoms with Gasteiger partial charge >= 0.3 is 0 Å². The highest BCUT2D eigenvalue weighted by atomic mass is 35.5. The number of nitrogens with zero attached hydrogens (tertiary/aromatic N) is 2. The molecule has 0 aromatic heterocycles. The zero-order valence-electron chi connectivity index (χ0n) is 18.2. The van der Waals surface area contributed by atoms with Crippen molar-refractivity contribution in [1.82, 2.24) is 9.80 Å². The largest absolute Gasteiger partial charge is 0.479 e. The summed E-state index contributed by atoms with van der Waals surface area (Å²) in [4.78, 5) is 29.3. The van der Waals surface area contributed by atoms with Crippen molar-refractivity contribution in [1.29, 1.82) is 0 Å². The van der Waals surface area contributed by atoms with Crippen LogP contribution in [-0.2, 0) is 9.59 Å². The molecule has 33 heavy (non-hydrogen) atoms. The van der Waals surface area contributed by atoms with E-state index in [1.54, 1.807) is 60.0 Å². The van der Waals surface area contributed by atoms with Crippen LogP contribution in [0.5, 0.6) is 11.5 Å². The zero-order valence-corrected chi connectivity index (χ0v) is 21.2. The highest BCUT2D eigenvalue weighted by molar-refractivity contribution is 6.36. The van der Waals surface area contributed by atoms with E-state index in [1.165, 1.54) is 0 Å². The predicted molar refractivity (Wildman–Crippen MR) is 131 cm³/mol. The highest BCUT2D eigenvalue weighted by Gasteiger charge is 2.29. The van der Waals surface area contributed by atoms with Crippen molar-refractivity contribution in [3.05, 3.63) is 56.5 Å². The van der Waals surface area contributed by atoms with Crippen molar-refractivity contribution in [2.24, 2.45) is 0 Å². The van der Waals surface area contributed by atoms with Crippen molar-refractivity contribution >= 4 is 58.2 Å². The lowest BCUT2D eigenvalue weighted by molar-refractivity contribution is -0.140. The van der Waals surface area contributed by atoms with Gasteiger partial charge in [-0.2, -0.15) is 0 Å². The highest BCUT2D eigenvalue weighted by Crippen LogP contribution is 2.29. The molecule has 1 fully saturated rings. The van der Waals surface area contributed by atoms with Crippen LogP contribution in [0.3, 0.4) is 0 Å². The molecule has 1 heterocycles. The molecule has 6 nitrogen and oxygen atoms in total. The van der Waals surface area contributed by atoms with E-state index in [0.717, 1.165) is 0 Å². The van der Waals surface area contributed by atoms with Crippen LogP contribution in [0.25, 0.3) is 0 Å². The normalized spacial score (nSPS) is 16.1. The number of carbonyl (C=O) groups excluding carboxylic acids is 2. The topological polar surface area (TPSA) is 59.1 Å². The van der Waals surface area contributed by atoms with Crippen molar-refractivity contribution < 1.29 is 19.1 Å². The third-order valence-corrected chi connectivity index (χ3v) is 6.27. The Morgan fingerprint density at radius 1 is 0.727 bits per heavy atom. The summed E-state index contributed by atoms with van der Waals surface area (Å²) in [6, 6.07) is 9.68. The van der Waals surface area contributed by atoms with E-state index in [1.807, 2.05) is 0 Å². The summed E-state index contributed by atoms with van der Waals surface area (Å²) in [5.74, 6) is 0.431. The van der Waals surface area contributed by atoms with Gasteiger partial charge in [-0.1, -0.05) is 46.4 Å². The van der Waals surface area contributed by atoms with Crippen LogP contribution < -0.4 is 9.47 Å². The third kappa shape index (κ3) is 6.82. The van der Waals surface area contributed by atoms with E-state index < -0.39 is 12.2 Å². The summed E-state index contributed by atoms with van der Waals surface area (Å²) in [6.07, 6.45) is -0.833.